The highest BCUT2D eigenvalue weighted by molar-refractivity contribution is 5.76. The van der Waals surface area contributed by atoms with Crippen molar-refractivity contribution in [3.8, 4) is 12.3 Å². The highest BCUT2D eigenvalue weighted by Gasteiger charge is 2.22. The molecule has 3 heteroatoms. The molecule has 1 atom stereocenters. The molecule has 96 valence electrons. The summed E-state index contributed by atoms with van der Waals surface area (Å²) in [6.07, 6.45) is 10.9. The first-order chi connectivity index (χ1) is 8.27. The summed E-state index contributed by atoms with van der Waals surface area (Å²) in [6, 6.07) is 0. The first-order valence-electron chi connectivity index (χ1n) is 6.63. The Kier molecular flexibility index (Phi) is 6.73. The largest absolute Gasteiger partial charge is 0.342 e. The second-order valence-corrected chi connectivity index (χ2v) is 4.82. The van der Waals surface area contributed by atoms with Crippen LogP contribution >= 0.6 is 0 Å². The van der Waals surface area contributed by atoms with Crippen molar-refractivity contribution in [1.29, 1.82) is 0 Å². The molecule has 1 heterocycles. The Hall–Kier alpha value is -1.01. The fourth-order valence-corrected chi connectivity index (χ4v) is 2.41. The predicted molar refractivity (Wildman–Crippen MR) is 70.5 cm³/mol. The molecule has 0 radical (unpaired) electrons. The van der Waals surface area contributed by atoms with Gasteiger partial charge in [0.1, 0.15) is 0 Å². The molecule has 1 amide bonds. The number of nitrogens with zero attached hydrogens (tertiary/aromatic N) is 1. The van der Waals surface area contributed by atoms with Crippen molar-refractivity contribution < 1.29 is 4.79 Å². The molecule has 0 aromatic carbocycles. The summed E-state index contributed by atoms with van der Waals surface area (Å²) in [5.74, 6) is 3.55. The quantitative estimate of drug-likeness (QED) is 0.561. The van der Waals surface area contributed by atoms with E-state index in [-0.39, 0.29) is 0 Å². The Balaban J connectivity index is 2.24. The van der Waals surface area contributed by atoms with Gasteiger partial charge in [-0.25, -0.2) is 0 Å². The number of carbonyl (C=O) groups excluding carboxylic acids is 1. The first-order valence-corrected chi connectivity index (χ1v) is 6.63. The lowest BCUT2D eigenvalue weighted by Crippen LogP contribution is -2.42. The minimum absolute atomic E-state index is 0.308. The zero-order valence-corrected chi connectivity index (χ0v) is 10.9. The van der Waals surface area contributed by atoms with E-state index >= 15 is 0 Å². The standard InChI is InChI=1S/C14H24N2O/c1-3-4-5-6-9-14(17)16-10-7-8-13(12-16)11-15-2/h1,13,15H,4-12H2,2H3. The normalized spacial score (nSPS) is 20.0. The number of hydrogen-bond donors (Lipinski definition) is 1. The van der Waals surface area contributed by atoms with Crippen molar-refractivity contribution in [3.63, 3.8) is 0 Å². The molecule has 1 fully saturated rings. The van der Waals surface area contributed by atoms with Gasteiger partial charge in [0.05, 0.1) is 0 Å². The maximum atomic E-state index is 12.0. The van der Waals surface area contributed by atoms with Crippen LogP contribution in [-0.4, -0.2) is 37.5 Å². The number of nitrogens with one attached hydrogen (secondary N) is 1. The van der Waals surface area contributed by atoms with Gasteiger partial charge in [-0.05, 0) is 45.2 Å². The molecular formula is C14H24N2O. The van der Waals surface area contributed by atoms with E-state index in [2.05, 4.69) is 11.2 Å². The molecule has 1 unspecified atom stereocenters. The highest BCUT2D eigenvalue weighted by Crippen LogP contribution is 2.17. The van der Waals surface area contributed by atoms with Crippen LogP contribution in [0.15, 0.2) is 0 Å². The van der Waals surface area contributed by atoms with Crippen LogP contribution in [0, 0.1) is 18.3 Å². The topological polar surface area (TPSA) is 32.3 Å². The van der Waals surface area contributed by atoms with Gasteiger partial charge in [0.25, 0.3) is 0 Å². The van der Waals surface area contributed by atoms with E-state index in [4.69, 9.17) is 6.42 Å². The molecular weight excluding hydrogens is 212 g/mol. The van der Waals surface area contributed by atoms with E-state index in [1.54, 1.807) is 0 Å². The second-order valence-electron chi connectivity index (χ2n) is 4.82. The van der Waals surface area contributed by atoms with Crippen molar-refractivity contribution in [3.05, 3.63) is 0 Å². The summed E-state index contributed by atoms with van der Waals surface area (Å²) >= 11 is 0. The van der Waals surface area contributed by atoms with Crippen molar-refractivity contribution in [1.82, 2.24) is 10.2 Å². The summed E-state index contributed by atoms with van der Waals surface area (Å²) in [4.78, 5) is 14.0. The van der Waals surface area contributed by atoms with Crippen LogP contribution in [0.3, 0.4) is 0 Å². The lowest BCUT2D eigenvalue weighted by molar-refractivity contribution is -0.133. The molecule has 3 nitrogen and oxygen atoms in total. The Morgan fingerprint density at radius 1 is 1.53 bits per heavy atom. The molecule has 0 aromatic rings. The van der Waals surface area contributed by atoms with Gasteiger partial charge >= 0.3 is 0 Å². The Labute approximate surface area is 105 Å². The monoisotopic (exact) mass is 236 g/mol. The van der Waals surface area contributed by atoms with Gasteiger partial charge in [-0.15, -0.1) is 12.3 Å². The number of unbranched alkanes of at least 4 members (excludes halogenated alkanes) is 2. The third-order valence-electron chi connectivity index (χ3n) is 3.33. The molecule has 1 aliphatic rings. The Morgan fingerprint density at radius 2 is 2.35 bits per heavy atom. The number of likely N-dealkylation sites (tertiary alicyclic amines) is 1. The fourth-order valence-electron chi connectivity index (χ4n) is 2.41. The second kappa shape index (κ2) is 8.14. The average Bonchev–Trinajstić information content (AvgIpc) is 2.35. The molecule has 1 rings (SSSR count). The number of hydrogen-bond acceptors (Lipinski definition) is 2. The summed E-state index contributed by atoms with van der Waals surface area (Å²) in [5, 5.41) is 3.20. The number of terminal acetylenes is 1. The lowest BCUT2D eigenvalue weighted by Gasteiger charge is -2.32. The summed E-state index contributed by atoms with van der Waals surface area (Å²) < 4.78 is 0. The van der Waals surface area contributed by atoms with Crippen LogP contribution in [0.1, 0.15) is 38.5 Å². The van der Waals surface area contributed by atoms with Crippen molar-refractivity contribution in [2.24, 2.45) is 5.92 Å². The van der Waals surface area contributed by atoms with Crippen LogP contribution in [0.25, 0.3) is 0 Å². The van der Waals surface area contributed by atoms with Gasteiger partial charge in [-0.1, -0.05) is 0 Å². The van der Waals surface area contributed by atoms with Crippen LogP contribution in [0.4, 0.5) is 0 Å². The van der Waals surface area contributed by atoms with Crippen molar-refractivity contribution in [2.45, 2.75) is 38.5 Å². The summed E-state index contributed by atoms with van der Waals surface area (Å²) in [6.45, 7) is 2.88. The maximum absolute atomic E-state index is 12.0. The molecule has 1 N–H and O–H groups in total. The van der Waals surface area contributed by atoms with Crippen LogP contribution < -0.4 is 5.32 Å². The smallest absolute Gasteiger partial charge is 0.222 e. The van der Waals surface area contributed by atoms with Crippen LogP contribution in [-0.2, 0) is 4.79 Å². The van der Waals surface area contributed by atoms with E-state index in [0.29, 0.717) is 18.2 Å². The highest BCUT2D eigenvalue weighted by atomic mass is 16.2. The molecule has 0 bridgehead atoms. The van der Waals surface area contributed by atoms with Crippen molar-refractivity contribution in [2.75, 3.05) is 26.7 Å². The van der Waals surface area contributed by atoms with Gasteiger partial charge < -0.3 is 10.2 Å². The fraction of sp³-hybridized carbons (Fsp3) is 0.786. The molecule has 0 aromatic heterocycles. The van der Waals surface area contributed by atoms with Gasteiger partial charge in [-0.2, -0.15) is 0 Å². The third-order valence-corrected chi connectivity index (χ3v) is 3.33. The zero-order valence-electron chi connectivity index (χ0n) is 10.9. The van der Waals surface area contributed by atoms with Gasteiger partial charge in [0.15, 0.2) is 0 Å². The van der Waals surface area contributed by atoms with Crippen LogP contribution in [0.5, 0.6) is 0 Å². The molecule has 0 saturated carbocycles. The molecule has 17 heavy (non-hydrogen) atoms. The Morgan fingerprint density at radius 3 is 3.06 bits per heavy atom. The minimum Gasteiger partial charge on any atom is -0.342 e. The van der Waals surface area contributed by atoms with E-state index in [9.17, 15) is 4.79 Å². The molecule has 1 aliphatic heterocycles. The van der Waals surface area contributed by atoms with Gasteiger partial charge in [0, 0.05) is 25.9 Å². The molecule has 0 aliphatic carbocycles. The van der Waals surface area contributed by atoms with E-state index in [1.807, 2.05) is 11.9 Å². The third kappa shape index (κ3) is 5.23. The maximum Gasteiger partial charge on any atom is 0.222 e. The average molecular weight is 236 g/mol. The summed E-state index contributed by atoms with van der Waals surface area (Å²) in [5.41, 5.74) is 0. The SMILES string of the molecule is C#CCCCCC(=O)N1CCCC(CNC)C1. The minimum atomic E-state index is 0.308. The lowest BCUT2D eigenvalue weighted by atomic mass is 9.97. The number of carbonyl (C=O) groups is 1. The van der Waals surface area contributed by atoms with E-state index < -0.39 is 0 Å². The zero-order chi connectivity index (χ0) is 12.5. The van der Waals surface area contributed by atoms with Gasteiger partial charge in [0.2, 0.25) is 5.91 Å². The Bertz CT molecular complexity index is 268. The number of rotatable bonds is 6. The predicted octanol–water partition coefficient (Wildman–Crippen LogP) is 1.64. The molecule has 0 spiro atoms. The van der Waals surface area contributed by atoms with Gasteiger partial charge in [-0.3, -0.25) is 4.79 Å². The van der Waals surface area contributed by atoms with E-state index in [0.717, 1.165) is 45.3 Å². The summed E-state index contributed by atoms with van der Waals surface area (Å²) in [7, 11) is 1.97. The first kappa shape index (κ1) is 14.1. The molecule has 1 saturated heterocycles. The van der Waals surface area contributed by atoms with E-state index in [1.165, 1.54) is 6.42 Å². The van der Waals surface area contributed by atoms with Crippen LogP contribution in [0.2, 0.25) is 0 Å². The van der Waals surface area contributed by atoms with Crippen molar-refractivity contribution >= 4 is 5.91 Å². The number of piperidine rings is 1. The number of amides is 1.